The van der Waals surface area contributed by atoms with Crippen LogP contribution < -0.4 is 10.3 Å². The number of aliphatic hydroxyl groups is 1. The standard InChI is InChI=1S/C21H29NO3/c1-3-4-5-6-7-8-14-25-20-18(10-9-13-23)17-12-11-16(2)15-19(17)22-21(20)24/h9-12,15,23H,3-8,13-14H2,1-2H3,(H,22,24). The van der Waals surface area contributed by atoms with Crippen LogP contribution >= 0.6 is 0 Å². The Labute approximate surface area is 149 Å². The number of pyridine rings is 1. The lowest BCUT2D eigenvalue weighted by molar-refractivity contribution is 0.300. The molecule has 2 rings (SSSR count). The van der Waals surface area contributed by atoms with Gasteiger partial charge < -0.3 is 14.8 Å². The minimum absolute atomic E-state index is 0.0724. The average Bonchev–Trinajstić information content (AvgIpc) is 2.59. The van der Waals surface area contributed by atoms with Crippen LogP contribution in [0.2, 0.25) is 0 Å². The van der Waals surface area contributed by atoms with Gasteiger partial charge in [0, 0.05) is 16.5 Å². The van der Waals surface area contributed by atoms with Crippen molar-refractivity contribution in [1.82, 2.24) is 4.98 Å². The van der Waals surface area contributed by atoms with E-state index >= 15 is 0 Å². The Morgan fingerprint density at radius 1 is 1.16 bits per heavy atom. The van der Waals surface area contributed by atoms with Crippen LogP contribution in [0, 0.1) is 6.92 Å². The van der Waals surface area contributed by atoms with E-state index in [9.17, 15) is 4.79 Å². The number of aromatic amines is 1. The van der Waals surface area contributed by atoms with Crippen molar-refractivity contribution in [2.45, 2.75) is 52.4 Å². The summed E-state index contributed by atoms with van der Waals surface area (Å²) in [5, 5.41) is 10.0. The first-order valence-corrected chi connectivity index (χ1v) is 9.24. The molecular weight excluding hydrogens is 314 g/mol. The van der Waals surface area contributed by atoms with Crippen molar-refractivity contribution in [1.29, 1.82) is 0 Å². The SMILES string of the molecule is CCCCCCCCOc1c(C=CCO)c2ccc(C)cc2[nH]c1=O. The van der Waals surface area contributed by atoms with Crippen LogP contribution in [-0.4, -0.2) is 23.3 Å². The van der Waals surface area contributed by atoms with Gasteiger partial charge in [-0.2, -0.15) is 0 Å². The van der Waals surface area contributed by atoms with E-state index < -0.39 is 0 Å². The van der Waals surface area contributed by atoms with Crippen LogP contribution in [-0.2, 0) is 0 Å². The fraction of sp³-hybridized carbons (Fsp3) is 0.476. The van der Waals surface area contributed by atoms with E-state index in [1.54, 1.807) is 12.2 Å². The number of aliphatic hydroxyl groups excluding tert-OH is 1. The number of H-pyrrole nitrogens is 1. The van der Waals surface area contributed by atoms with Gasteiger partial charge >= 0.3 is 0 Å². The lowest BCUT2D eigenvalue weighted by Crippen LogP contribution is -2.14. The highest BCUT2D eigenvalue weighted by atomic mass is 16.5. The van der Waals surface area contributed by atoms with Gasteiger partial charge in [0.2, 0.25) is 0 Å². The third kappa shape index (κ3) is 5.46. The van der Waals surface area contributed by atoms with Gasteiger partial charge in [-0.15, -0.1) is 0 Å². The Bertz CT molecular complexity index is 762. The predicted molar refractivity (Wildman–Crippen MR) is 104 cm³/mol. The molecule has 0 aliphatic heterocycles. The summed E-state index contributed by atoms with van der Waals surface area (Å²) in [6, 6.07) is 5.94. The summed E-state index contributed by atoms with van der Waals surface area (Å²) in [5.41, 5.74) is 2.39. The monoisotopic (exact) mass is 343 g/mol. The first-order chi connectivity index (χ1) is 12.2. The zero-order valence-electron chi connectivity index (χ0n) is 15.3. The van der Waals surface area contributed by atoms with E-state index in [-0.39, 0.29) is 12.2 Å². The molecule has 2 aromatic rings. The molecule has 4 heteroatoms. The first-order valence-electron chi connectivity index (χ1n) is 9.24. The summed E-state index contributed by atoms with van der Waals surface area (Å²) in [6.45, 7) is 4.66. The van der Waals surface area contributed by atoms with E-state index in [2.05, 4.69) is 11.9 Å². The van der Waals surface area contributed by atoms with Crippen molar-refractivity contribution in [3.63, 3.8) is 0 Å². The number of hydrogen-bond acceptors (Lipinski definition) is 3. The number of aromatic nitrogens is 1. The van der Waals surface area contributed by atoms with Gasteiger partial charge in [-0.1, -0.05) is 63.3 Å². The second kappa shape index (κ2) is 10.0. The molecule has 0 radical (unpaired) electrons. The van der Waals surface area contributed by atoms with Gasteiger partial charge in [-0.3, -0.25) is 4.79 Å². The van der Waals surface area contributed by atoms with Crippen molar-refractivity contribution in [2.75, 3.05) is 13.2 Å². The fourth-order valence-electron chi connectivity index (χ4n) is 2.96. The maximum absolute atomic E-state index is 12.5. The third-order valence-corrected chi connectivity index (χ3v) is 4.30. The number of nitrogens with one attached hydrogen (secondary N) is 1. The highest BCUT2D eigenvalue weighted by Crippen LogP contribution is 2.25. The van der Waals surface area contributed by atoms with Crippen LogP contribution in [0.1, 0.15) is 56.6 Å². The fourth-order valence-corrected chi connectivity index (χ4v) is 2.96. The molecule has 1 heterocycles. The molecule has 0 unspecified atom stereocenters. The van der Waals surface area contributed by atoms with Crippen LogP contribution in [0.15, 0.2) is 29.1 Å². The van der Waals surface area contributed by atoms with Crippen molar-refractivity contribution < 1.29 is 9.84 Å². The van der Waals surface area contributed by atoms with Crippen molar-refractivity contribution in [2.24, 2.45) is 0 Å². The molecular formula is C21H29NO3. The largest absolute Gasteiger partial charge is 0.487 e. The molecule has 25 heavy (non-hydrogen) atoms. The highest BCUT2D eigenvalue weighted by molar-refractivity contribution is 5.90. The molecule has 0 aliphatic rings. The van der Waals surface area contributed by atoms with E-state index in [0.717, 1.165) is 34.9 Å². The van der Waals surface area contributed by atoms with Gasteiger partial charge in [-0.05, 0) is 25.0 Å². The topological polar surface area (TPSA) is 62.3 Å². The lowest BCUT2D eigenvalue weighted by atomic mass is 10.1. The molecule has 1 aromatic carbocycles. The molecule has 0 spiro atoms. The van der Waals surface area contributed by atoms with Gasteiger partial charge in [0.15, 0.2) is 5.75 Å². The number of fused-ring (bicyclic) bond motifs is 1. The summed E-state index contributed by atoms with van der Waals surface area (Å²) < 4.78 is 5.83. The van der Waals surface area contributed by atoms with E-state index in [0.29, 0.717) is 12.4 Å². The van der Waals surface area contributed by atoms with Crippen LogP contribution in [0.5, 0.6) is 5.75 Å². The molecule has 0 bridgehead atoms. The molecule has 4 nitrogen and oxygen atoms in total. The molecule has 0 fully saturated rings. The third-order valence-electron chi connectivity index (χ3n) is 4.30. The highest BCUT2D eigenvalue weighted by Gasteiger charge is 2.12. The number of rotatable bonds is 10. The molecule has 0 aliphatic carbocycles. The van der Waals surface area contributed by atoms with Gasteiger partial charge in [0.05, 0.1) is 13.2 Å². The average molecular weight is 343 g/mol. The molecule has 2 N–H and O–H groups in total. The predicted octanol–water partition coefficient (Wildman–Crippen LogP) is 4.58. The summed E-state index contributed by atoms with van der Waals surface area (Å²) in [7, 11) is 0. The molecule has 0 amide bonds. The number of aryl methyl sites for hydroxylation is 1. The zero-order valence-corrected chi connectivity index (χ0v) is 15.3. The number of hydrogen-bond donors (Lipinski definition) is 2. The maximum Gasteiger partial charge on any atom is 0.291 e. The molecule has 0 atom stereocenters. The summed E-state index contributed by atoms with van der Waals surface area (Å²) in [5.74, 6) is 0.342. The van der Waals surface area contributed by atoms with Crippen molar-refractivity contribution in [3.05, 3.63) is 45.8 Å². The molecule has 0 saturated heterocycles. The summed E-state index contributed by atoms with van der Waals surface area (Å²) in [6.07, 6.45) is 10.4. The Balaban J connectivity index is 2.17. The number of unbranched alkanes of at least 4 members (excludes halogenated alkanes) is 5. The van der Waals surface area contributed by atoms with Crippen molar-refractivity contribution >= 4 is 17.0 Å². The Morgan fingerprint density at radius 3 is 2.68 bits per heavy atom. The minimum Gasteiger partial charge on any atom is -0.487 e. The number of ether oxygens (including phenoxy) is 1. The van der Waals surface area contributed by atoms with Gasteiger partial charge in [0.1, 0.15) is 0 Å². The normalized spacial score (nSPS) is 11.5. The minimum atomic E-state index is -0.221. The first kappa shape index (κ1) is 19.3. The van der Waals surface area contributed by atoms with E-state index in [4.69, 9.17) is 9.84 Å². The van der Waals surface area contributed by atoms with E-state index in [1.807, 2.05) is 25.1 Å². The Morgan fingerprint density at radius 2 is 1.92 bits per heavy atom. The van der Waals surface area contributed by atoms with Crippen LogP contribution in [0.3, 0.4) is 0 Å². The van der Waals surface area contributed by atoms with E-state index in [1.165, 1.54) is 25.7 Å². The Hall–Kier alpha value is -2.07. The smallest absolute Gasteiger partial charge is 0.291 e. The molecule has 0 saturated carbocycles. The number of benzene rings is 1. The second-order valence-corrected chi connectivity index (χ2v) is 6.45. The second-order valence-electron chi connectivity index (χ2n) is 6.45. The Kier molecular flexibility index (Phi) is 7.74. The van der Waals surface area contributed by atoms with Crippen LogP contribution in [0.4, 0.5) is 0 Å². The van der Waals surface area contributed by atoms with Crippen molar-refractivity contribution in [3.8, 4) is 5.75 Å². The van der Waals surface area contributed by atoms with Crippen LogP contribution in [0.25, 0.3) is 17.0 Å². The van der Waals surface area contributed by atoms with Gasteiger partial charge in [0.25, 0.3) is 5.56 Å². The maximum atomic E-state index is 12.5. The van der Waals surface area contributed by atoms with Gasteiger partial charge in [-0.25, -0.2) is 0 Å². The quantitative estimate of drug-likeness (QED) is 0.621. The summed E-state index contributed by atoms with van der Waals surface area (Å²) >= 11 is 0. The lowest BCUT2D eigenvalue weighted by Gasteiger charge is -2.12. The zero-order chi connectivity index (χ0) is 18.1. The molecule has 136 valence electrons. The summed E-state index contributed by atoms with van der Waals surface area (Å²) in [4.78, 5) is 15.4. The molecule has 1 aromatic heterocycles.